The molecule has 2 aromatic carbocycles. The minimum atomic E-state index is -0.159. The highest BCUT2D eigenvalue weighted by Gasteiger charge is 2.17. The van der Waals surface area contributed by atoms with E-state index in [-0.39, 0.29) is 18.7 Å². The minimum Gasteiger partial charge on any atom is -0.490 e. The Morgan fingerprint density at radius 1 is 1.04 bits per heavy atom. The largest absolute Gasteiger partial charge is 0.490 e. The second-order valence-corrected chi connectivity index (χ2v) is 6.37. The van der Waals surface area contributed by atoms with Gasteiger partial charge in [-0.15, -0.1) is 0 Å². The zero-order valence-corrected chi connectivity index (χ0v) is 14.4. The summed E-state index contributed by atoms with van der Waals surface area (Å²) in [6.07, 6.45) is 0.890. The molecule has 0 spiro atoms. The summed E-state index contributed by atoms with van der Waals surface area (Å²) in [5, 5.41) is 13.9. The molecule has 5 heteroatoms. The zero-order valence-electron chi connectivity index (χ0n) is 13.7. The van der Waals surface area contributed by atoms with Crippen molar-refractivity contribution in [3.8, 4) is 11.5 Å². The van der Waals surface area contributed by atoms with E-state index in [0.717, 1.165) is 29.0 Å². The molecule has 0 aliphatic carbocycles. The lowest BCUT2D eigenvalue weighted by atomic mass is 10.0. The van der Waals surface area contributed by atoms with Crippen LogP contribution in [0.4, 0.5) is 0 Å². The highest BCUT2D eigenvalue weighted by molar-refractivity contribution is 6.30. The zero-order chi connectivity index (χ0) is 16.9. The van der Waals surface area contributed by atoms with Gasteiger partial charge in [0.05, 0.1) is 25.9 Å². The summed E-state index contributed by atoms with van der Waals surface area (Å²) in [7, 11) is 0. The van der Waals surface area contributed by atoms with Gasteiger partial charge in [0.1, 0.15) is 0 Å². The lowest BCUT2D eigenvalue weighted by Crippen LogP contribution is -2.27. The van der Waals surface area contributed by atoms with Crippen LogP contribution < -0.4 is 14.8 Å². The summed E-state index contributed by atoms with van der Waals surface area (Å²) in [5.74, 6) is 1.57. The fraction of sp³-hybridized carbons (Fsp3) is 0.368. The van der Waals surface area contributed by atoms with Crippen LogP contribution in [0.1, 0.15) is 36.6 Å². The molecule has 2 N–H and O–H groups in total. The first kappa shape index (κ1) is 17.1. The summed E-state index contributed by atoms with van der Waals surface area (Å²) in [4.78, 5) is 0. The molecule has 1 aliphatic rings. The molecule has 0 saturated carbocycles. The lowest BCUT2D eigenvalue weighted by Gasteiger charge is -2.23. The predicted molar refractivity (Wildman–Crippen MR) is 94.9 cm³/mol. The van der Waals surface area contributed by atoms with E-state index in [2.05, 4.69) is 12.2 Å². The number of benzene rings is 2. The number of nitrogens with one attached hydrogen (secondary N) is 1. The van der Waals surface area contributed by atoms with Crippen molar-refractivity contribution in [1.29, 1.82) is 0 Å². The molecular formula is C19H22ClNO3. The number of halogens is 1. The van der Waals surface area contributed by atoms with Crippen molar-refractivity contribution < 1.29 is 14.6 Å². The molecule has 1 aliphatic heterocycles. The van der Waals surface area contributed by atoms with Gasteiger partial charge in [-0.25, -0.2) is 0 Å². The maximum absolute atomic E-state index is 9.73. The first-order valence-electron chi connectivity index (χ1n) is 8.19. The van der Waals surface area contributed by atoms with Crippen LogP contribution in [0, 0.1) is 0 Å². The third kappa shape index (κ3) is 4.01. The minimum absolute atomic E-state index is 0.0104. The SMILES string of the molecule is CC(NC(CO)c1ccc(Cl)cc1)c1ccc2c(c1)OCCCO2. The Labute approximate surface area is 147 Å². The Balaban J connectivity index is 1.74. The first-order chi connectivity index (χ1) is 11.7. The van der Waals surface area contributed by atoms with E-state index in [1.807, 2.05) is 42.5 Å². The molecule has 2 atom stereocenters. The van der Waals surface area contributed by atoms with E-state index in [9.17, 15) is 5.11 Å². The van der Waals surface area contributed by atoms with E-state index < -0.39 is 0 Å². The highest BCUT2D eigenvalue weighted by Crippen LogP contribution is 2.33. The molecule has 4 nitrogen and oxygen atoms in total. The molecule has 3 rings (SSSR count). The maximum atomic E-state index is 9.73. The van der Waals surface area contributed by atoms with E-state index in [1.165, 1.54) is 0 Å². The average Bonchev–Trinajstić information content (AvgIpc) is 2.85. The van der Waals surface area contributed by atoms with Crippen LogP contribution in [0.3, 0.4) is 0 Å². The number of aliphatic hydroxyl groups excluding tert-OH is 1. The first-order valence-corrected chi connectivity index (χ1v) is 8.57. The average molecular weight is 348 g/mol. The lowest BCUT2D eigenvalue weighted by molar-refractivity contribution is 0.235. The van der Waals surface area contributed by atoms with Gasteiger partial charge in [-0.3, -0.25) is 0 Å². The summed E-state index contributed by atoms with van der Waals surface area (Å²) >= 11 is 5.93. The van der Waals surface area contributed by atoms with Crippen molar-refractivity contribution in [1.82, 2.24) is 5.32 Å². The topological polar surface area (TPSA) is 50.7 Å². The monoisotopic (exact) mass is 347 g/mol. The number of fused-ring (bicyclic) bond motifs is 1. The van der Waals surface area contributed by atoms with Crippen molar-refractivity contribution in [3.05, 3.63) is 58.6 Å². The van der Waals surface area contributed by atoms with E-state index in [1.54, 1.807) is 0 Å². The number of hydrogen-bond donors (Lipinski definition) is 2. The molecule has 1 heterocycles. The molecular weight excluding hydrogens is 326 g/mol. The molecule has 2 aromatic rings. The van der Waals surface area contributed by atoms with Gasteiger partial charge in [-0.2, -0.15) is 0 Å². The van der Waals surface area contributed by atoms with Gasteiger partial charge in [-0.1, -0.05) is 29.8 Å². The van der Waals surface area contributed by atoms with E-state index in [4.69, 9.17) is 21.1 Å². The molecule has 0 aromatic heterocycles. The van der Waals surface area contributed by atoms with Crippen LogP contribution in [0.25, 0.3) is 0 Å². The Hall–Kier alpha value is -1.75. The fourth-order valence-electron chi connectivity index (χ4n) is 2.80. The molecule has 0 fully saturated rings. The van der Waals surface area contributed by atoms with Crippen molar-refractivity contribution in [2.45, 2.75) is 25.4 Å². The second kappa shape index (κ2) is 7.88. The van der Waals surface area contributed by atoms with Crippen molar-refractivity contribution in [2.75, 3.05) is 19.8 Å². The van der Waals surface area contributed by atoms with Gasteiger partial charge in [0.25, 0.3) is 0 Å². The number of ether oxygens (including phenoxy) is 2. The van der Waals surface area contributed by atoms with Crippen LogP contribution in [-0.2, 0) is 0 Å². The van der Waals surface area contributed by atoms with Crippen LogP contribution in [0.5, 0.6) is 11.5 Å². The van der Waals surface area contributed by atoms with Crippen molar-refractivity contribution in [3.63, 3.8) is 0 Å². The molecule has 128 valence electrons. The van der Waals surface area contributed by atoms with Gasteiger partial charge in [0.15, 0.2) is 11.5 Å². The normalized spacial score (nSPS) is 16.3. The van der Waals surface area contributed by atoms with Crippen LogP contribution in [-0.4, -0.2) is 24.9 Å². The third-order valence-electron chi connectivity index (χ3n) is 4.18. The molecule has 0 radical (unpaired) electrons. The van der Waals surface area contributed by atoms with Gasteiger partial charge in [0.2, 0.25) is 0 Å². The smallest absolute Gasteiger partial charge is 0.161 e. The number of hydrogen-bond acceptors (Lipinski definition) is 4. The Bertz CT molecular complexity index is 675. The second-order valence-electron chi connectivity index (χ2n) is 5.93. The maximum Gasteiger partial charge on any atom is 0.161 e. The Morgan fingerprint density at radius 3 is 2.42 bits per heavy atom. The summed E-state index contributed by atoms with van der Waals surface area (Å²) in [6, 6.07) is 13.4. The molecule has 0 amide bonds. The van der Waals surface area contributed by atoms with Crippen LogP contribution in [0.2, 0.25) is 5.02 Å². The highest BCUT2D eigenvalue weighted by atomic mass is 35.5. The number of rotatable bonds is 5. The predicted octanol–water partition coefficient (Wildman–Crippen LogP) is 3.89. The van der Waals surface area contributed by atoms with Crippen LogP contribution in [0.15, 0.2) is 42.5 Å². The van der Waals surface area contributed by atoms with E-state index in [0.29, 0.717) is 18.2 Å². The Morgan fingerprint density at radius 2 is 1.71 bits per heavy atom. The van der Waals surface area contributed by atoms with Crippen molar-refractivity contribution >= 4 is 11.6 Å². The van der Waals surface area contributed by atoms with Gasteiger partial charge < -0.3 is 19.9 Å². The number of aliphatic hydroxyl groups is 1. The van der Waals surface area contributed by atoms with Crippen molar-refractivity contribution in [2.24, 2.45) is 0 Å². The molecule has 24 heavy (non-hydrogen) atoms. The van der Waals surface area contributed by atoms with Gasteiger partial charge in [0, 0.05) is 17.5 Å². The molecule has 0 bridgehead atoms. The van der Waals surface area contributed by atoms with E-state index >= 15 is 0 Å². The molecule has 0 saturated heterocycles. The third-order valence-corrected chi connectivity index (χ3v) is 4.43. The standard InChI is InChI=1S/C19H22ClNO3/c1-13(21-17(12-22)14-3-6-16(20)7-4-14)15-5-8-18-19(11-15)24-10-2-9-23-18/h3-8,11,13,17,21-22H,2,9-10,12H2,1H3. The van der Waals surface area contributed by atoms with Gasteiger partial charge in [-0.05, 0) is 42.3 Å². The van der Waals surface area contributed by atoms with Crippen LogP contribution >= 0.6 is 11.6 Å². The Kier molecular flexibility index (Phi) is 5.61. The molecule has 2 unspecified atom stereocenters. The van der Waals surface area contributed by atoms with Gasteiger partial charge >= 0.3 is 0 Å². The summed E-state index contributed by atoms with van der Waals surface area (Å²) in [6.45, 7) is 3.43. The fourth-order valence-corrected chi connectivity index (χ4v) is 2.92. The summed E-state index contributed by atoms with van der Waals surface area (Å²) < 4.78 is 11.4. The summed E-state index contributed by atoms with van der Waals surface area (Å²) in [5.41, 5.74) is 2.09. The quantitative estimate of drug-likeness (QED) is 0.861.